The van der Waals surface area contributed by atoms with Crippen LogP contribution in [0.5, 0.6) is 0 Å². The maximum Gasteiger partial charge on any atom is 0.222 e. The summed E-state index contributed by atoms with van der Waals surface area (Å²) in [4.78, 5) is 25.8. The molecule has 1 fully saturated rings. The van der Waals surface area contributed by atoms with Gasteiger partial charge in [0, 0.05) is 36.5 Å². The average molecular weight is 262 g/mol. The van der Waals surface area contributed by atoms with Gasteiger partial charge >= 0.3 is 0 Å². The quantitative estimate of drug-likeness (QED) is 0.781. The Morgan fingerprint density at radius 1 is 1.32 bits per heavy atom. The molecule has 1 aliphatic heterocycles. The minimum absolute atomic E-state index is 0.0584. The second kappa shape index (κ2) is 5.59. The van der Waals surface area contributed by atoms with Crippen molar-refractivity contribution in [2.45, 2.75) is 46.6 Å². The summed E-state index contributed by atoms with van der Waals surface area (Å²) in [6, 6.07) is 1.94. The first-order chi connectivity index (χ1) is 9.04. The van der Waals surface area contributed by atoms with Gasteiger partial charge in [-0.3, -0.25) is 9.59 Å². The number of likely N-dealkylation sites (tertiary alicyclic amines) is 1. The fourth-order valence-corrected chi connectivity index (χ4v) is 2.86. The second-order valence-corrected chi connectivity index (χ2v) is 5.22. The Morgan fingerprint density at radius 2 is 2.05 bits per heavy atom. The van der Waals surface area contributed by atoms with E-state index in [4.69, 9.17) is 0 Å². The Hall–Kier alpha value is -1.58. The van der Waals surface area contributed by atoms with Crippen molar-refractivity contribution in [3.8, 4) is 0 Å². The van der Waals surface area contributed by atoms with Crippen molar-refractivity contribution >= 4 is 11.7 Å². The number of aromatic nitrogens is 1. The summed E-state index contributed by atoms with van der Waals surface area (Å²) < 4.78 is 2.13. The molecule has 0 radical (unpaired) electrons. The number of piperidine rings is 1. The molecule has 104 valence electrons. The summed E-state index contributed by atoms with van der Waals surface area (Å²) in [6.07, 6.45) is 2.54. The van der Waals surface area contributed by atoms with E-state index in [1.165, 1.54) is 0 Å². The maximum absolute atomic E-state index is 12.4. The van der Waals surface area contributed by atoms with Gasteiger partial charge in [0.05, 0.1) is 6.54 Å². The van der Waals surface area contributed by atoms with Crippen molar-refractivity contribution < 1.29 is 9.59 Å². The SMILES string of the molecule is CCn1c(C)cc(C(=O)CN2CCCCC2=O)c1C. The minimum Gasteiger partial charge on any atom is -0.349 e. The van der Waals surface area contributed by atoms with Crippen LogP contribution in [0.2, 0.25) is 0 Å². The Balaban J connectivity index is 2.14. The highest BCUT2D eigenvalue weighted by molar-refractivity contribution is 6.00. The van der Waals surface area contributed by atoms with Crippen molar-refractivity contribution in [1.82, 2.24) is 9.47 Å². The predicted molar refractivity (Wildman–Crippen MR) is 74.3 cm³/mol. The van der Waals surface area contributed by atoms with Crippen molar-refractivity contribution in [3.63, 3.8) is 0 Å². The lowest BCUT2D eigenvalue weighted by atomic mass is 10.1. The van der Waals surface area contributed by atoms with E-state index in [-0.39, 0.29) is 18.2 Å². The molecule has 2 heterocycles. The molecule has 0 saturated carbocycles. The summed E-state index contributed by atoms with van der Waals surface area (Å²) in [5.41, 5.74) is 2.88. The van der Waals surface area contributed by atoms with E-state index in [2.05, 4.69) is 11.5 Å². The smallest absolute Gasteiger partial charge is 0.222 e. The first kappa shape index (κ1) is 13.8. The van der Waals surface area contributed by atoms with E-state index in [9.17, 15) is 9.59 Å². The summed E-state index contributed by atoms with van der Waals surface area (Å²) in [6.45, 7) is 7.88. The zero-order chi connectivity index (χ0) is 14.0. The molecule has 19 heavy (non-hydrogen) atoms. The standard InChI is InChI=1S/C15H22N2O2/c1-4-17-11(2)9-13(12(17)3)14(18)10-16-8-6-5-7-15(16)19/h9H,4-8,10H2,1-3H3. The number of carbonyl (C=O) groups is 2. The molecule has 0 bridgehead atoms. The van der Waals surface area contributed by atoms with Gasteiger partial charge in [-0.2, -0.15) is 0 Å². The number of hydrogen-bond acceptors (Lipinski definition) is 2. The maximum atomic E-state index is 12.4. The largest absolute Gasteiger partial charge is 0.349 e. The van der Waals surface area contributed by atoms with Crippen LogP contribution in [0.15, 0.2) is 6.07 Å². The zero-order valence-corrected chi connectivity index (χ0v) is 12.0. The van der Waals surface area contributed by atoms with Crippen molar-refractivity contribution in [3.05, 3.63) is 23.0 Å². The van der Waals surface area contributed by atoms with Gasteiger partial charge in [-0.1, -0.05) is 0 Å². The molecule has 0 spiro atoms. The van der Waals surface area contributed by atoms with E-state index in [1.54, 1.807) is 4.90 Å². The number of amides is 1. The van der Waals surface area contributed by atoms with Gasteiger partial charge in [0.15, 0.2) is 5.78 Å². The second-order valence-electron chi connectivity index (χ2n) is 5.22. The summed E-state index contributed by atoms with van der Waals surface area (Å²) in [7, 11) is 0. The number of aryl methyl sites for hydroxylation is 1. The Kier molecular flexibility index (Phi) is 4.08. The molecule has 0 unspecified atom stereocenters. The molecule has 1 saturated heterocycles. The predicted octanol–water partition coefficient (Wildman–Crippen LogP) is 2.32. The highest BCUT2D eigenvalue weighted by Gasteiger charge is 2.23. The fourth-order valence-electron chi connectivity index (χ4n) is 2.86. The molecule has 0 aliphatic carbocycles. The number of hydrogen-bond donors (Lipinski definition) is 0. The molecule has 1 aromatic rings. The van der Waals surface area contributed by atoms with Gasteiger partial charge < -0.3 is 9.47 Å². The molecule has 4 heteroatoms. The van der Waals surface area contributed by atoms with Gasteiger partial charge in [-0.15, -0.1) is 0 Å². The molecule has 0 atom stereocenters. The van der Waals surface area contributed by atoms with Crippen LogP contribution in [-0.4, -0.2) is 34.2 Å². The topological polar surface area (TPSA) is 42.3 Å². The van der Waals surface area contributed by atoms with Gasteiger partial charge in [-0.05, 0) is 39.7 Å². The van der Waals surface area contributed by atoms with E-state index < -0.39 is 0 Å². The normalized spacial score (nSPS) is 15.9. The molecule has 1 aliphatic rings. The number of Topliss-reactive ketones (excluding diaryl/α,β-unsaturated/α-hetero) is 1. The van der Waals surface area contributed by atoms with E-state index >= 15 is 0 Å². The molecule has 0 N–H and O–H groups in total. The zero-order valence-electron chi connectivity index (χ0n) is 12.0. The van der Waals surface area contributed by atoms with E-state index in [0.717, 1.165) is 42.9 Å². The highest BCUT2D eigenvalue weighted by Crippen LogP contribution is 2.17. The Labute approximate surface area is 114 Å². The molecule has 1 amide bonds. The molecule has 2 rings (SSSR count). The number of rotatable bonds is 4. The third-order valence-corrected chi connectivity index (χ3v) is 3.95. The lowest BCUT2D eigenvalue weighted by Gasteiger charge is -2.25. The molecular weight excluding hydrogens is 240 g/mol. The van der Waals surface area contributed by atoms with Gasteiger partial charge in [0.2, 0.25) is 5.91 Å². The third kappa shape index (κ3) is 2.72. The first-order valence-electron chi connectivity index (χ1n) is 7.02. The van der Waals surface area contributed by atoms with Crippen LogP contribution < -0.4 is 0 Å². The average Bonchev–Trinajstić information content (AvgIpc) is 2.67. The van der Waals surface area contributed by atoms with Crippen LogP contribution in [0.4, 0.5) is 0 Å². The number of nitrogens with zero attached hydrogens (tertiary/aromatic N) is 2. The molecule has 0 aromatic carbocycles. The van der Waals surface area contributed by atoms with Gasteiger partial charge in [0.1, 0.15) is 0 Å². The molecule has 4 nitrogen and oxygen atoms in total. The minimum atomic E-state index is 0.0584. The molecular formula is C15H22N2O2. The number of ketones is 1. The Bertz CT molecular complexity index is 502. The first-order valence-corrected chi connectivity index (χ1v) is 7.02. The Morgan fingerprint density at radius 3 is 2.63 bits per heavy atom. The summed E-state index contributed by atoms with van der Waals surface area (Å²) >= 11 is 0. The van der Waals surface area contributed by atoms with Crippen LogP contribution >= 0.6 is 0 Å². The third-order valence-electron chi connectivity index (χ3n) is 3.95. The monoisotopic (exact) mass is 262 g/mol. The van der Waals surface area contributed by atoms with E-state index in [1.807, 2.05) is 19.9 Å². The van der Waals surface area contributed by atoms with Crippen molar-refractivity contribution in [1.29, 1.82) is 0 Å². The van der Waals surface area contributed by atoms with Crippen LogP contribution in [0, 0.1) is 13.8 Å². The van der Waals surface area contributed by atoms with Gasteiger partial charge in [-0.25, -0.2) is 0 Å². The van der Waals surface area contributed by atoms with Gasteiger partial charge in [0.25, 0.3) is 0 Å². The summed E-state index contributed by atoms with van der Waals surface area (Å²) in [5.74, 6) is 0.173. The van der Waals surface area contributed by atoms with Crippen LogP contribution in [0.3, 0.4) is 0 Å². The molecule has 1 aromatic heterocycles. The fraction of sp³-hybridized carbons (Fsp3) is 0.600. The lowest BCUT2D eigenvalue weighted by molar-refractivity contribution is -0.132. The van der Waals surface area contributed by atoms with Crippen molar-refractivity contribution in [2.75, 3.05) is 13.1 Å². The van der Waals surface area contributed by atoms with Crippen LogP contribution in [-0.2, 0) is 11.3 Å². The number of carbonyl (C=O) groups excluding carboxylic acids is 2. The summed E-state index contributed by atoms with van der Waals surface area (Å²) in [5, 5.41) is 0. The van der Waals surface area contributed by atoms with Crippen LogP contribution in [0.1, 0.15) is 47.9 Å². The van der Waals surface area contributed by atoms with Crippen LogP contribution in [0.25, 0.3) is 0 Å². The van der Waals surface area contributed by atoms with E-state index in [0.29, 0.717) is 6.42 Å². The van der Waals surface area contributed by atoms with Crippen molar-refractivity contribution in [2.24, 2.45) is 0 Å². The highest BCUT2D eigenvalue weighted by atomic mass is 16.2. The lowest BCUT2D eigenvalue weighted by Crippen LogP contribution is -2.39.